The molecule has 0 saturated heterocycles. The molecule has 6 nitrogen and oxygen atoms in total. The van der Waals surface area contributed by atoms with Crippen molar-refractivity contribution in [2.45, 2.75) is 66.1 Å². The van der Waals surface area contributed by atoms with Gasteiger partial charge in [0.15, 0.2) is 17.3 Å². The minimum Gasteiger partial charge on any atom is -0.493 e. The summed E-state index contributed by atoms with van der Waals surface area (Å²) in [6.45, 7) is 10.1. The van der Waals surface area contributed by atoms with Crippen LogP contribution in [0.1, 0.15) is 64.5 Å². The molecule has 1 aliphatic heterocycles. The van der Waals surface area contributed by atoms with E-state index < -0.39 is 11.9 Å². The van der Waals surface area contributed by atoms with E-state index >= 15 is 0 Å². The van der Waals surface area contributed by atoms with Crippen LogP contribution in [-0.2, 0) is 20.9 Å². The molecule has 1 aliphatic carbocycles. The molecule has 4 rings (SSSR count). The van der Waals surface area contributed by atoms with Crippen LogP contribution < -0.4 is 14.8 Å². The van der Waals surface area contributed by atoms with Crippen LogP contribution >= 0.6 is 0 Å². The van der Waals surface area contributed by atoms with Crippen molar-refractivity contribution in [1.82, 2.24) is 5.32 Å². The Balaban J connectivity index is 1.76. The fourth-order valence-corrected chi connectivity index (χ4v) is 5.04. The SMILES string of the molecule is COc1cc([C@H]2C(C(=O)OC(C)C)=C(C)NC3=C2C(=O)CC(C)(C)C3)ccc1OCc1ccccc1. The van der Waals surface area contributed by atoms with Crippen molar-refractivity contribution < 1.29 is 23.8 Å². The normalized spacial score (nSPS) is 19.1. The van der Waals surface area contributed by atoms with E-state index in [-0.39, 0.29) is 17.3 Å². The lowest BCUT2D eigenvalue weighted by molar-refractivity contribution is -0.143. The Morgan fingerprint density at radius 2 is 1.81 bits per heavy atom. The predicted octanol–water partition coefficient (Wildman–Crippen LogP) is 5.83. The van der Waals surface area contributed by atoms with Crippen molar-refractivity contribution >= 4 is 11.8 Å². The first-order chi connectivity index (χ1) is 17.1. The smallest absolute Gasteiger partial charge is 0.337 e. The first kappa shape index (κ1) is 25.5. The summed E-state index contributed by atoms with van der Waals surface area (Å²) in [5.41, 5.74) is 4.35. The molecule has 1 N–H and O–H groups in total. The number of hydrogen-bond donors (Lipinski definition) is 1. The monoisotopic (exact) mass is 489 g/mol. The summed E-state index contributed by atoms with van der Waals surface area (Å²) in [7, 11) is 1.59. The molecule has 190 valence electrons. The largest absolute Gasteiger partial charge is 0.493 e. The Kier molecular flexibility index (Phi) is 7.25. The van der Waals surface area contributed by atoms with Gasteiger partial charge in [0.05, 0.1) is 18.8 Å². The van der Waals surface area contributed by atoms with Gasteiger partial charge in [-0.1, -0.05) is 50.2 Å². The highest BCUT2D eigenvalue weighted by Gasteiger charge is 2.43. The van der Waals surface area contributed by atoms with Crippen LogP contribution in [0.15, 0.2) is 71.1 Å². The van der Waals surface area contributed by atoms with Gasteiger partial charge in [0.2, 0.25) is 0 Å². The minimum atomic E-state index is -0.548. The van der Waals surface area contributed by atoms with Gasteiger partial charge in [-0.3, -0.25) is 4.79 Å². The van der Waals surface area contributed by atoms with Gasteiger partial charge in [0.25, 0.3) is 0 Å². The third-order valence-electron chi connectivity index (χ3n) is 6.56. The summed E-state index contributed by atoms with van der Waals surface area (Å²) in [5.74, 6) is 0.212. The maximum absolute atomic E-state index is 13.5. The highest BCUT2D eigenvalue weighted by molar-refractivity contribution is 6.04. The van der Waals surface area contributed by atoms with E-state index in [0.717, 1.165) is 23.2 Å². The fraction of sp³-hybridized carbons (Fsp3) is 0.400. The molecule has 1 heterocycles. The van der Waals surface area contributed by atoms with Crippen molar-refractivity contribution in [2.75, 3.05) is 7.11 Å². The first-order valence-electron chi connectivity index (χ1n) is 12.4. The number of nitrogens with one attached hydrogen (secondary N) is 1. The van der Waals surface area contributed by atoms with Crippen LogP contribution in [0.25, 0.3) is 0 Å². The van der Waals surface area contributed by atoms with Gasteiger partial charge in [-0.15, -0.1) is 0 Å². The fourth-order valence-electron chi connectivity index (χ4n) is 5.04. The number of ether oxygens (including phenoxy) is 3. The molecule has 0 fully saturated rings. The van der Waals surface area contributed by atoms with E-state index in [0.29, 0.717) is 41.4 Å². The van der Waals surface area contributed by atoms with Gasteiger partial charge < -0.3 is 19.5 Å². The molecule has 0 saturated carbocycles. The van der Waals surface area contributed by atoms with Gasteiger partial charge in [0.1, 0.15) is 6.61 Å². The van der Waals surface area contributed by atoms with Gasteiger partial charge in [-0.05, 0) is 55.9 Å². The van der Waals surface area contributed by atoms with Crippen LogP contribution in [0, 0.1) is 5.41 Å². The molecule has 2 aliphatic rings. The van der Waals surface area contributed by atoms with Gasteiger partial charge in [-0.2, -0.15) is 0 Å². The lowest BCUT2D eigenvalue weighted by Crippen LogP contribution is -2.39. The van der Waals surface area contributed by atoms with Crippen LogP contribution in [0.5, 0.6) is 11.5 Å². The van der Waals surface area contributed by atoms with E-state index in [1.54, 1.807) is 7.11 Å². The molecule has 6 heteroatoms. The number of methoxy groups -OCH3 is 1. The number of benzene rings is 2. The summed E-state index contributed by atoms with van der Waals surface area (Å²) < 4.78 is 17.3. The van der Waals surface area contributed by atoms with Crippen LogP contribution in [0.4, 0.5) is 0 Å². The molecule has 2 aromatic rings. The lowest BCUT2D eigenvalue weighted by Gasteiger charge is -2.39. The van der Waals surface area contributed by atoms with Crippen LogP contribution in [-0.4, -0.2) is 25.0 Å². The Bertz CT molecular complexity index is 1220. The second-order valence-corrected chi connectivity index (χ2v) is 10.6. The summed E-state index contributed by atoms with van der Waals surface area (Å²) in [6.07, 6.45) is 0.868. The third kappa shape index (κ3) is 5.32. The number of dihydropyridines is 1. The number of carbonyl (C=O) groups excluding carboxylic acids is 2. The van der Waals surface area contributed by atoms with Gasteiger partial charge >= 0.3 is 5.97 Å². The van der Waals surface area contributed by atoms with Gasteiger partial charge in [0, 0.05) is 29.3 Å². The molecule has 0 unspecified atom stereocenters. The van der Waals surface area contributed by atoms with E-state index in [9.17, 15) is 9.59 Å². The number of allylic oxidation sites excluding steroid dienone is 3. The summed E-state index contributed by atoms with van der Waals surface area (Å²) in [6, 6.07) is 15.5. The molecule has 2 aromatic carbocycles. The molecule has 36 heavy (non-hydrogen) atoms. The summed E-state index contributed by atoms with van der Waals surface area (Å²) in [4.78, 5) is 26.8. The topological polar surface area (TPSA) is 73.9 Å². The minimum absolute atomic E-state index is 0.0458. The maximum Gasteiger partial charge on any atom is 0.337 e. The van der Waals surface area contributed by atoms with E-state index in [2.05, 4.69) is 19.2 Å². The number of carbonyl (C=O) groups is 2. The van der Waals surface area contributed by atoms with E-state index in [1.807, 2.05) is 69.3 Å². The quantitative estimate of drug-likeness (QED) is 0.493. The van der Waals surface area contributed by atoms with Gasteiger partial charge in [-0.25, -0.2) is 4.79 Å². The highest BCUT2D eigenvalue weighted by atomic mass is 16.5. The molecular weight excluding hydrogens is 454 g/mol. The maximum atomic E-state index is 13.5. The lowest BCUT2D eigenvalue weighted by atomic mass is 9.68. The predicted molar refractivity (Wildman–Crippen MR) is 139 cm³/mol. The van der Waals surface area contributed by atoms with Crippen LogP contribution in [0.2, 0.25) is 0 Å². The van der Waals surface area contributed by atoms with Crippen molar-refractivity contribution in [1.29, 1.82) is 0 Å². The zero-order valence-corrected chi connectivity index (χ0v) is 21.9. The van der Waals surface area contributed by atoms with Crippen molar-refractivity contribution in [2.24, 2.45) is 5.41 Å². The summed E-state index contributed by atoms with van der Waals surface area (Å²) in [5, 5.41) is 3.37. The standard InChI is InChI=1S/C30H35NO5/c1-18(2)36-29(33)26-19(3)31-22-15-30(4,5)16-23(32)28(22)27(26)21-12-13-24(25(14-21)34-6)35-17-20-10-8-7-9-11-20/h7-14,18,27,31H,15-17H2,1-6H3/t27-/m0/s1. The number of rotatable bonds is 7. The van der Waals surface area contributed by atoms with Crippen LogP contribution in [0.3, 0.4) is 0 Å². The average molecular weight is 490 g/mol. The van der Waals surface area contributed by atoms with Crippen molar-refractivity contribution in [3.63, 3.8) is 0 Å². The van der Waals surface area contributed by atoms with E-state index in [4.69, 9.17) is 14.2 Å². The molecule has 0 radical (unpaired) electrons. The van der Waals surface area contributed by atoms with Crippen molar-refractivity contribution in [3.8, 4) is 11.5 Å². The van der Waals surface area contributed by atoms with Crippen molar-refractivity contribution in [3.05, 3.63) is 82.2 Å². The number of esters is 1. The average Bonchev–Trinajstić information content (AvgIpc) is 2.81. The second-order valence-electron chi connectivity index (χ2n) is 10.6. The number of Topliss-reactive ketones (excluding diaryl/α,β-unsaturated/α-hetero) is 1. The number of hydrogen-bond acceptors (Lipinski definition) is 6. The summed E-state index contributed by atoms with van der Waals surface area (Å²) >= 11 is 0. The molecular formula is C30H35NO5. The Morgan fingerprint density at radius 3 is 2.47 bits per heavy atom. The Labute approximate surface area is 213 Å². The zero-order chi connectivity index (χ0) is 26.0. The second kappa shape index (κ2) is 10.2. The molecule has 0 amide bonds. The Hall–Kier alpha value is -3.54. The molecule has 0 spiro atoms. The Morgan fingerprint density at radius 1 is 1.08 bits per heavy atom. The first-order valence-corrected chi connectivity index (χ1v) is 12.4. The molecule has 0 aromatic heterocycles. The highest BCUT2D eigenvalue weighted by Crippen LogP contribution is 2.48. The molecule has 1 atom stereocenters. The zero-order valence-electron chi connectivity index (χ0n) is 21.9. The van der Waals surface area contributed by atoms with E-state index in [1.165, 1.54) is 0 Å². The third-order valence-corrected chi connectivity index (χ3v) is 6.56. The molecule has 0 bridgehead atoms. The number of ketones is 1.